The molecular formula is C25H31N3O2. The Balaban J connectivity index is 1.37. The zero-order valence-corrected chi connectivity index (χ0v) is 18.0. The van der Waals surface area contributed by atoms with Crippen molar-refractivity contribution < 1.29 is 9.59 Å². The fraction of sp³-hybridized carbons (Fsp3) is 0.440. The molecule has 1 aliphatic carbocycles. The molecule has 158 valence electrons. The smallest absolute Gasteiger partial charge is 0.324 e. The van der Waals surface area contributed by atoms with Crippen LogP contribution >= 0.6 is 0 Å². The van der Waals surface area contributed by atoms with Gasteiger partial charge in [-0.2, -0.15) is 0 Å². The third-order valence-electron chi connectivity index (χ3n) is 6.59. The van der Waals surface area contributed by atoms with E-state index >= 15 is 0 Å². The zero-order valence-electron chi connectivity index (χ0n) is 18.0. The van der Waals surface area contributed by atoms with Crippen molar-refractivity contribution in [3.63, 3.8) is 0 Å². The Hall–Kier alpha value is -2.82. The molecule has 5 rings (SSSR count). The number of hydrogen-bond acceptors (Lipinski definition) is 2. The third-order valence-corrected chi connectivity index (χ3v) is 6.59. The lowest BCUT2D eigenvalue weighted by atomic mass is 9.84. The first-order valence-electron chi connectivity index (χ1n) is 10.9. The highest BCUT2D eigenvalue weighted by atomic mass is 16.2. The average Bonchev–Trinajstić information content (AvgIpc) is 3.13. The number of rotatable bonds is 4. The minimum atomic E-state index is -0.0682. The summed E-state index contributed by atoms with van der Waals surface area (Å²) in [6, 6.07) is 17.3. The number of fused-ring (bicyclic) bond motifs is 4. The number of hydrogen-bond donors (Lipinski definition) is 0. The summed E-state index contributed by atoms with van der Waals surface area (Å²) in [5, 5.41) is 0. The molecule has 3 aliphatic rings. The van der Waals surface area contributed by atoms with Crippen molar-refractivity contribution in [1.82, 2.24) is 9.80 Å². The number of anilines is 1. The zero-order chi connectivity index (χ0) is 21.1. The monoisotopic (exact) mass is 405 g/mol. The predicted octanol–water partition coefficient (Wildman–Crippen LogP) is 4.64. The lowest BCUT2D eigenvalue weighted by Gasteiger charge is -2.25. The molecular weight excluding hydrogens is 374 g/mol. The molecule has 0 radical (unpaired) electrons. The van der Waals surface area contributed by atoms with E-state index in [1.165, 1.54) is 25.7 Å². The second-order valence-corrected chi connectivity index (χ2v) is 8.83. The molecule has 2 aliphatic heterocycles. The van der Waals surface area contributed by atoms with Crippen molar-refractivity contribution in [3.8, 4) is 0 Å². The van der Waals surface area contributed by atoms with E-state index in [2.05, 4.69) is 4.90 Å². The first-order chi connectivity index (χ1) is 14.5. The minimum Gasteiger partial charge on any atom is -0.338 e. The van der Waals surface area contributed by atoms with Gasteiger partial charge in [0.2, 0.25) is 0 Å². The van der Waals surface area contributed by atoms with Crippen LogP contribution in [0.3, 0.4) is 0 Å². The SMILES string of the molecule is CN(Cc1ccc(C(=O)N2CC3CCC(CC3)C2)cc1)C(=O)N(C)c1ccccc1. The van der Waals surface area contributed by atoms with Crippen LogP contribution in [0.25, 0.3) is 0 Å². The molecule has 0 spiro atoms. The highest BCUT2D eigenvalue weighted by Gasteiger charge is 2.31. The van der Waals surface area contributed by atoms with Gasteiger partial charge in [-0.1, -0.05) is 30.3 Å². The van der Waals surface area contributed by atoms with Crippen molar-refractivity contribution in [2.75, 3.05) is 32.1 Å². The van der Waals surface area contributed by atoms with Crippen molar-refractivity contribution in [3.05, 3.63) is 65.7 Å². The molecule has 2 bridgehead atoms. The summed E-state index contributed by atoms with van der Waals surface area (Å²) in [5.41, 5.74) is 2.62. The Labute approximate surface area is 179 Å². The maximum atomic E-state index is 13.0. The third kappa shape index (κ3) is 4.50. The molecule has 0 aromatic heterocycles. The van der Waals surface area contributed by atoms with E-state index in [1.807, 2.05) is 54.6 Å². The fourth-order valence-corrected chi connectivity index (χ4v) is 4.76. The Morgan fingerprint density at radius 2 is 1.43 bits per heavy atom. The molecule has 30 heavy (non-hydrogen) atoms. The van der Waals surface area contributed by atoms with Crippen LogP contribution in [0.1, 0.15) is 41.6 Å². The lowest BCUT2D eigenvalue weighted by molar-refractivity contribution is 0.0739. The van der Waals surface area contributed by atoms with E-state index in [1.54, 1.807) is 23.9 Å². The number of amides is 3. The highest BCUT2D eigenvalue weighted by Crippen LogP contribution is 2.34. The summed E-state index contributed by atoms with van der Waals surface area (Å²) in [7, 11) is 3.58. The number of carbonyl (C=O) groups excluding carboxylic acids is 2. The normalized spacial score (nSPS) is 20.5. The van der Waals surface area contributed by atoms with E-state index in [-0.39, 0.29) is 11.9 Å². The quantitative estimate of drug-likeness (QED) is 0.744. The molecule has 5 heteroatoms. The molecule has 0 unspecified atom stereocenters. The van der Waals surface area contributed by atoms with Crippen LogP contribution < -0.4 is 4.90 Å². The van der Waals surface area contributed by atoms with Crippen molar-refractivity contribution >= 4 is 17.6 Å². The first-order valence-corrected chi connectivity index (χ1v) is 10.9. The van der Waals surface area contributed by atoms with Crippen LogP contribution in [0.4, 0.5) is 10.5 Å². The van der Waals surface area contributed by atoms with E-state index in [0.717, 1.165) is 29.9 Å². The molecule has 2 saturated heterocycles. The summed E-state index contributed by atoms with van der Waals surface area (Å²) >= 11 is 0. The van der Waals surface area contributed by atoms with Crippen molar-refractivity contribution in [1.29, 1.82) is 0 Å². The van der Waals surface area contributed by atoms with Crippen molar-refractivity contribution in [2.45, 2.75) is 32.2 Å². The number of carbonyl (C=O) groups is 2. The van der Waals surface area contributed by atoms with Gasteiger partial charge in [-0.25, -0.2) is 4.79 Å². The molecule has 0 atom stereocenters. The maximum Gasteiger partial charge on any atom is 0.324 e. The van der Waals surface area contributed by atoms with Crippen LogP contribution in [0, 0.1) is 11.8 Å². The van der Waals surface area contributed by atoms with Gasteiger partial charge in [-0.3, -0.25) is 9.69 Å². The standard InChI is InChI=1S/C25H31N3O2/c1-26(25(30)27(2)23-6-4-3-5-7-23)16-19-12-14-22(15-13-19)24(29)28-17-20-8-9-21(18-28)11-10-20/h3-7,12-15,20-21H,8-11,16-18H2,1-2H3. The summed E-state index contributed by atoms with van der Waals surface area (Å²) in [6.45, 7) is 2.30. The Bertz CT molecular complexity index is 859. The summed E-state index contributed by atoms with van der Waals surface area (Å²) in [4.78, 5) is 31.1. The average molecular weight is 406 g/mol. The maximum absolute atomic E-state index is 13.0. The van der Waals surface area contributed by atoms with Crippen LogP contribution in [0.15, 0.2) is 54.6 Å². The van der Waals surface area contributed by atoms with Crippen LogP contribution in [0.2, 0.25) is 0 Å². The lowest BCUT2D eigenvalue weighted by Crippen LogP contribution is -2.38. The summed E-state index contributed by atoms with van der Waals surface area (Å²) < 4.78 is 0. The van der Waals surface area contributed by atoms with Gasteiger partial charge in [-0.05, 0) is 67.3 Å². The van der Waals surface area contributed by atoms with Crippen LogP contribution in [-0.4, -0.2) is 48.9 Å². The molecule has 2 aromatic rings. The number of para-hydroxylation sites is 1. The van der Waals surface area contributed by atoms with E-state index in [4.69, 9.17) is 0 Å². The fourth-order valence-electron chi connectivity index (χ4n) is 4.76. The van der Waals surface area contributed by atoms with E-state index in [9.17, 15) is 9.59 Å². The Morgan fingerprint density at radius 1 is 0.867 bits per heavy atom. The number of benzene rings is 2. The molecule has 3 amide bonds. The molecule has 0 N–H and O–H groups in total. The van der Waals surface area contributed by atoms with Gasteiger partial charge < -0.3 is 9.80 Å². The summed E-state index contributed by atoms with van der Waals surface area (Å²) in [5.74, 6) is 1.50. The first kappa shape index (κ1) is 20.5. The second-order valence-electron chi connectivity index (χ2n) is 8.83. The molecule has 3 fully saturated rings. The molecule has 2 aromatic carbocycles. The van der Waals surface area contributed by atoms with Crippen LogP contribution in [0.5, 0.6) is 0 Å². The van der Waals surface area contributed by atoms with Gasteiger partial charge in [0.25, 0.3) is 5.91 Å². The largest absolute Gasteiger partial charge is 0.338 e. The van der Waals surface area contributed by atoms with Gasteiger partial charge in [0.05, 0.1) is 0 Å². The Morgan fingerprint density at radius 3 is 2.00 bits per heavy atom. The van der Waals surface area contributed by atoms with Crippen molar-refractivity contribution in [2.24, 2.45) is 11.8 Å². The highest BCUT2D eigenvalue weighted by molar-refractivity contribution is 5.94. The van der Waals surface area contributed by atoms with Gasteiger partial charge in [0.1, 0.15) is 0 Å². The number of nitrogens with zero attached hydrogens (tertiary/aromatic N) is 3. The topological polar surface area (TPSA) is 43.9 Å². The second kappa shape index (κ2) is 8.90. The van der Waals surface area contributed by atoms with E-state index in [0.29, 0.717) is 18.4 Å². The molecule has 1 saturated carbocycles. The van der Waals surface area contributed by atoms with Gasteiger partial charge in [0.15, 0.2) is 0 Å². The van der Waals surface area contributed by atoms with Gasteiger partial charge >= 0.3 is 6.03 Å². The molecule has 5 nitrogen and oxygen atoms in total. The Kier molecular flexibility index (Phi) is 6.07. The predicted molar refractivity (Wildman–Crippen MR) is 120 cm³/mol. The number of urea groups is 1. The molecule has 2 heterocycles. The van der Waals surface area contributed by atoms with Crippen LogP contribution in [-0.2, 0) is 6.54 Å². The summed E-state index contributed by atoms with van der Waals surface area (Å²) in [6.07, 6.45) is 5.08. The van der Waals surface area contributed by atoms with E-state index < -0.39 is 0 Å². The van der Waals surface area contributed by atoms with Gasteiger partial charge in [0, 0.05) is 45.0 Å². The minimum absolute atomic E-state index is 0.0682. The van der Waals surface area contributed by atoms with Gasteiger partial charge in [-0.15, -0.1) is 0 Å².